The molecule has 0 atom stereocenters. The van der Waals surface area contributed by atoms with E-state index >= 15 is 0 Å². The molecule has 6 heteroatoms. The molecule has 0 spiro atoms. The number of hydrogen-bond acceptors (Lipinski definition) is 2. The van der Waals surface area contributed by atoms with Gasteiger partial charge in [0.25, 0.3) is 0 Å². The highest BCUT2D eigenvalue weighted by molar-refractivity contribution is 6.30. The summed E-state index contributed by atoms with van der Waals surface area (Å²) < 4.78 is 13.6. The number of hydrogen-bond donors (Lipinski definition) is 2. The van der Waals surface area contributed by atoms with Crippen LogP contribution in [0.25, 0.3) is 0 Å². The Morgan fingerprint density at radius 2 is 1.52 bits per heavy atom. The molecule has 4 nitrogen and oxygen atoms in total. The molecule has 3 rings (SSSR count). The molecule has 0 aliphatic heterocycles. The zero-order valence-electron chi connectivity index (χ0n) is 14.9. The largest absolute Gasteiger partial charge is 0.355 e. The Bertz CT molecular complexity index is 819. The minimum atomic E-state index is -0.963. The van der Waals surface area contributed by atoms with Gasteiger partial charge in [-0.3, -0.25) is 9.59 Å². The number of halogens is 2. The van der Waals surface area contributed by atoms with Gasteiger partial charge in [0.05, 0.1) is 0 Å². The van der Waals surface area contributed by atoms with E-state index in [4.69, 9.17) is 11.6 Å². The van der Waals surface area contributed by atoms with E-state index in [1.807, 2.05) is 24.3 Å². The van der Waals surface area contributed by atoms with Crippen molar-refractivity contribution in [2.45, 2.75) is 25.7 Å². The Morgan fingerprint density at radius 3 is 2.11 bits per heavy atom. The van der Waals surface area contributed by atoms with Gasteiger partial charge in [-0.1, -0.05) is 41.9 Å². The van der Waals surface area contributed by atoms with Crippen LogP contribution in [0.5, 0.6) is 0 Å². The first-order valence-corrected chi connectivity index (χ1v) is 9.43. The summed E-state index contributed by atoms with van der Waals surface area (Å²) in [5.74, 6) is -0.796. The Kier molecular flexibility index (Phi) is 6.11. The number of amides is 2. The topological polar surface area (TPSA) is 58.2 Å². The van der Waals surface area contributed by atoms with Crippen molar-refractivity contribution in [3.05, 3.63) is 70.5 Å². The van der Waals surface area contributed by atoms with E-state index in [-0.39, 0.29) is 17.6 Å². The average molecular weight is 389 g/mol. The van der Waals surface area contributed by atoms with Crippen molar-refractivity contribution < 1.29 is 14.0 Å². The molecule has 142 valence electrons. The van der Waals surface area contributed by atoms with Gasteiger partial charge in [-0.15, -0.1) is 0 Å². The highest BCUT2D eigenvalue weighted by atomic mass is 35.5. The van der Waals surface area contributed by atoms with Crippen LogP contribution in [0, 0.1) is 11.2 Å². The molecular weight excluding hydrogens is 367 g/mol. The lowest BCUT2D eigenvalue weighted by molar-refractivity contribution is -0.137. The van der Waals surface area contributed by atoms with Crippen molar-refractivity contribution >= 4 is 23.4 Å². The molecule has 0 aromatic heterocycles. The summed E-state index contributed by atoms with van der Waals surface area (Å²) in [4.78, 5) is 24.9. The van der Waals surface area contributed by atoms with Gasteiger partial charge < -0.3 is 10.6 Å². The normalized spacial score (nSPS) is 14.4. The maximum absolute atomic E-state index is 13.6. The molecule has 1 aliphatic carbocycles. The van der Waals surface area contributed by atoms with Crippen LogP contribution in [-0.4, -0.2) is 24.9 Å². The van der Waals surface area contributed by atoms with E-state index < -0.39 is 5.41 Å². The molecule has 0 heterocycles. The van der Waals surface area contributed by atoms with Crippen molar-refractivity contribution in [1.29, 1.82) is 0 Å². The predicted octanol–water partition coefficient (Wildman–Crippen LogP) is 3.28. The average Bonchev–Trinajstić information content (AvgIpc) is 3.47. The van der Waals surface area contributed by atoms with E-state index in [9.17, 15) is 14.0 Å². The summed E-state index contributed by atoms with van der Waals surface area (Å²) in [5, 5.41) is 6.30. The maximum Gasteiger partial charge on any atom is 0.235 e. The molecule has 2 aromatic rings. The first kappa shape index (κ1) is 19.4. The molecule has 2 aromatic carbocycles. The first-order valence-electron chi connectivity index (χ1n) is 9.06. The number of benzene rings is 2. The highest BCUT2D eigenvalue weighted by Crippen LogP contribution is 2.46. The molecule has 0 bridgehead atoms. The summed E-state index contributed by atoms with van der Waals surface area (Å²) in [6.07, 6.45) is 2.16. The van der Waals surface area contributed by atoms with E-state index in [2.05, 4.69) is 10.6 Å². The summed E-state index contributed by atoms with van der Waals surface area (Å²) >= 11 is 5.85. The number of nitrogens with one attached hydrogen (secondary N) is 2. The second-order valence-electron chi connectivity index (χ2n) is 6.81. The fourth-order valence-corrected chi connectivity index (χ4v) is 3.13. The maximum atomic E-state index is 13.6. The molecule has 1 fully saturated rings. The third-order valence-electron chi connectivity index (χ3n) is 4.87. The fourth-order valence-electron chi connectivity index (χ4n) is 3.00. The zero-order chi connectivity index (χ0) is 19.3. The van der Waals surface area contributed by atoms with Crippen LogP contribution in [0.15, 0.2) is 48.5 Å². The predicted molar refractivity (Wildman–Crippen MR) is 103 cm³/mol. The molecule has 2 N–H and O–H groups in total. The Balaban J connectivity index is 1.44. The van der Waals surface area contributed by atoms with Crippen LogP contribution in [0.3, 0.4) is 0 Å². The van der Waals surface area contributed by atoms with Gasteiger partial charge in [0.2, 0.25) is 11.8 Å². The summed E-state index contributed by atoms with van der Waals surface area (Å²) in [5.41, 5.74) is 0.656. The minimum Gasteiger partial charge on any atom is -0.355 e. The monoisotopic (exact) mass is 388 g/mol. The van der Waals surface area contributed by atoms with Crippen molar-refractivity contribution in [3.8, 4) is 0 Å². The van der Waals surface area contributed by atoms with Crippen LogP contribution in [0.2, 0.25) is 5.02 Å². The van der Waals surface area contributed by atoms with Crippen LogP contribution < -0.4 is 10.6 Å². The molecule has 0 unspecified atom stereocenters. The van der Waals surface area contributed by atoms with Crippen LogP contribution >= 0.6 is 11.6 Å². The molecule has 1 aliphatic rings. The summed E-state index contributed by atoms with van der Waals surface area (Å²) in [6, 6.07) is 13.9. The van der Waals surface area contributed by atoms with Crippen LogP contribution in [0.4, 0.5) is 4.39 Å². The third kappa shape index (κ3) is 4.86. The standard InChI is InChI=1S/C21H22ClFN2O2/c22-17-7-5-15(6-8-17)9-13-24-19(26)21(11-12-21)20(27)25-14-10-16-3-1-2-4-18(16)23/h1-8H,9-14H2,(H,24,26)(H,25,27). The number of rotatable bonds is 8. The minimum absolute atomic E-state index is 0.236. The third-order valence-corrected chi connectivity index (χ3v) is 5.12. The number of carbonyl (C=O) groups is 2. The highest BCUT2D eigenvalue weighted by Gasteiger charge is 2.56. The van der Waals surface area contributed by atoms with Crippen LogP contribution in [0.1, 0.15) is 24.0 Å². The fraction of sp³-hybridized carbons (Fsp3) is 0.333. The Morgan fingerprint density at radius 1 is 0.926 bits per heavy atom. The Hall–Kier alpha value is -2.40. The molecule has 2 amide bonds. The molecule has 0 saturated heterocycles. The van der Waals surface area contributed by atoms with E-state index in [0.29, 0.717) is 49.4 Å². The SMILES string of the molecule is O=C(NCCc1ccc(Cl)cc1)C1(C(=O)NCCc2ccccc2F)CC1. The lowest BCUT2D eigenvalue weighted by Crippen LogP contribution is -2.44. The lowest BCUT2D eigenvalue weighted by Gasteiger charge is -2.15. The molecular formula is C21H22ClFN2O2. The van der Waals surface area contributed by atoms with E-state index in [0.717, 1.165) is 5.56 Å². The van der Waals surface area contributed by atoms with Gasteiger partial charge in [-0.25, -0.2) is 4.39 Å². The van der Waals surface area contributed by atoms with Gasteiger partial charge in [0, 0.05) is 18.1 Å². The smallest absolute Gasteiger partial charge is 0.235 e. The quantitative estimate of drug-likeness (QED) is 0.682. The second-order valence-corrected chi connectivity index (χ2v) is 7.25. The van der Waals surface area contributed by atoms with Gasteiger partial charge in [0.15, 0.2) is 0 Å². The van der Waals surface area contributed by atoms with E-state index in [1.54, 1.807) is 18.2 Å². The van der Waals surface area contributed by atoms with Gasteiger partial charge in [0.1, 0.15) is 11.2 Å². The van der Waals surface area contributed by atoms with Crippen LogP contribution in [-0.2, 0) is 22.4 Å². The van der Waals surface area contributed by atoms with Gasteiger partial charge >= 0.3 is 0 Å². The van der Waals surface area contributed by atoms with Crippen molar-refractivity contribution in [1.82, 2.24) is 10.6 Å². The zero-order valence-corrected chi connectivity index (χ0v) is 15.7. The molecule has 0 radical (unpaired) electrons. The van der Waals surface area contributed by atoms with Crippen molar-refractivity contribution in [3.63, 3.8) is 0 Å². The Labute approximate surface area is 163 Å². The van der Waals surface area contributed by atoms with Gasteiger partial charge in [-0.05, 0) is 55.0 Å². The van der Waals surface area contributed by atoms with Crippen molar-refractivity contribution in [2.75, 3.05) is 13.1 Å². The number of carbonyl (C=O) groups excluding carboxylic acids is 2. The summed E-state index contributed by atoms with van der Waals surface area (Å²) in [7, 11) is 0. The van der Waals surface area contributed by atoms with Crippen molar-refractivity contribution in [2.24, 2.45) is 5.41 Å². The second kappa shape index (κ2) is 8.53. The van der Waals surface area contributed by atoms with Gasteiger partial charge in [-0.2, -0.15) is 0 Å². The first-order chi connectivity index (χ1) is 13.0. The molecule has 1 saturated carbocycles. The molecule has 27 heavy (non-hydrogen) atoms. The lowest BCUT2D eigenvalue weighted by atomic mass is 10.0. The summed E-state index contributed by atoms with van der Waals surface area (Å²) in [6.45, 7) is 0.768. The van der Waals surface area contributed by atoms with E-state index in [1.165, 1.54) is 6.07 Å².